The first-order chi connectivity index (χ1) is 10.8. The first kappa shape index (κ1) is 15.9. The number of fused-ring (bicyclic) bond motifs is 1. The van der Waals surface area contributed by atoms with Crippen molar-refractivity contribution in [1.82, 2.24) is 14.9 Å². The van der Waals surface area contributed by atoms with Crippen LogP contribution in [0, 0.1) is 6.92 Å². The van der Waals surface area contributed by atoms with E-state index in [1.807, 2.05) is 40.1 Å². The number of carbonyl (C=O) groups is 1. The SMILES string of the molecule is Cc1ncc(-c2cnc3c(c2)CN(C(=O)OC(C)(C)C)CC3)s1. The van der Waals surface area contributed by atoms with Crippen molar-refractivity contribution in [1.29, 1.82) is 0 Å². The molecule has 0 unspecified atom stereocenters. The highest BCUT2D eigenvalue weighted by atomic mass is 32.1. The minimum absolute atomic E-state index is 0.262. The number of carbonyl (C=O) groups excluding carboxylic acids is 1. The molecule has 0 aromatic carbocycles. The summed E-state index contributed by atoms with van der Waals surface area (Å²) in [6.45, 7) is 8.83. The maximum Gasteiger partial charge on any atom is 0.410 e. The van der Waals surface area contributed by atoms with Crippen molar-refractivity contribution >= 4 is 17.4 Å². The van der Waals surface area contributed by atoms with E-state index in [4.69, 9.17) is 4.74 Å². The maximum atomic E-state index is 12.3. The van der Waals surface area contributed by atoms with Crippen LogP contribution < -0.4 is 0 Å². The number of aromatic nitrogens is 2. The van der Waals surface area contributed by atoms with Crippen LogP contribution in [0.3, 0.4) is 0 Å². The molecule has 0 saturated carbocycles. The van der Waals surface area contributed by atoms with Gasteiger partial charge in [-0.1, -0.05) is 0 Å². The number of nitrogens with zero attached hydrogens (tertiary/aromatic N) is 3. The molecule has 0 bridgehead atoms. The summed E-state index contributed by atoms with van der Waals surface area (Å²) in [5.41, 5.74) is 2.73. The molecule has 6 heteroatoms. The number of aryl methyl sites for hydroxylation is 1. The Labute approximate surface area is 140 Å². The molecule has 0 radical (unpaired) electrons. The Morgan fingerprint density at radius 3 is 2.74 bits per heavy atom. The second-order valence-electron chi connectivity index (χ2n) is 6.73. The fraction of sp³-hybridized carbons (Fsp3) is 0.471. The minimum Gasteiger partial charge on any atom is -0.444 e. The van der Waals surface area contributed by atoms with Crippen molar-refractivity contribution in [3.63, 3.8) is 0 Å². The summed E-state index contributed by atoms with van der Waals surface area (Å²) in [6.07, 6.45) is 4.27. The molecule has 0 aliphatic carbocycles. The first-order valence-electron chi connectivity index (χ1n) is 7.70. The van der Waals surface area contributed by atoms with Crippen molar-refractivity contribution < 1.29 is 9.53 Å². The number of hydrogen-bond donors (Lipinski definition) is 0. The number of ether oxygens (including phenoxy) is 1. The van der Waals surface area contributed by atoms with Gasteiger partial charge in [-0.05, 0) is 39.3 Å². The second-order valence-corrected chi connectivity index (χ2v) is 7.96. The van der Waals surface area contributed by atoms with Gasteiger partial charge in [-0.25, -0.2) is 9.78 Å². The Kier molecular flexibility index (Phi) is 4.10. The Bertz CT molecular complexity index is 734. The molecule has 0 saturated heterocycles. The zero-order chi connectivity index (χ0) is 16.6. The molecule has 5 nitrogen and oxygen atoms in total. The molecular formula is C17H21N3O2S. The van der Waals surface area contributed by atoms with Crippen molar-refractivity contribution in [2.75, 3.05) is 6.54 Å². The average Bonchev–Trinajstić information content (AvgIpc) is 2.91. The molecule has 3 rings (SSSR count). The Morgan fingerprint density at radius 2 is 2.09 bits per heavy atom. The Balaban J connectivity index is 1.80. The van der Waals surface area contributed by atoms with Gasteiger partial charge in [0.15, 0.2) is 0 Å². The number of amides is 1. The van der Waals surface area contributed by atoms with Gasteiger partial charge in [0.2, 0.25) is 0 Å². The molecule has 23 heavy (non-hydrogen) atoms. The fourth-order valence-electron chi connectivity index (χ4n) is 2.54. The second kappa shape index (κ2) is 5.92. The molecule has 122 valence electrons. The standard InChI is InChI=1S/C17H21N3O2S/c1-11-18-9-15(23-11)12-7-13-10-20(6-5-14(13)19-8-12)16(21)22-17(2,3)4/h7-9H,5-6,10H2,1-4H3. The van der Waals surface area contributed by atoms with Gasteiger partial charge in [0.05, 0.1) is 16.4 Å². The van der Waals surface area contributed by atoms with Crippen molar-refractivity contribution in [3.05, 3.63) is 34.7 Å². The van der Waals surface area contributed by atoms with Crippen LogP contribution in [-0.2, 0) is 17.7 Å². The lowest BCUT2D eigenvalue weighted by molar-refractivity contribution is 0.0223. The third kappa shape index (κ3) is 3.69. The molecule has 2 aromatic rings. The average molecular weight is 331 g/mol. The predicted molar refractivity (Wildman–Crippen MR) is 90.4 cm³/mol. The number of thiazole rings is 1. The molecule has 0 spiro atoms. The van der Waals surface area contributed by atoms with Crippen LogP contribution in [0.2, 0.25) is 0 Å². The maximum absolute atomic E-state index is 12.3. The molecular weight excluding hydrogens is 310 g/mol. The topological polar surface area (TPSA) is 55.3 Å². The largest absolute Gasteiger partial charge is 0.444 e. The Hall–Kier alpha value is -1.95. The smallest absolute Gasteiger partial charge is 0.410 e. The van der Waals surface area contributed by atoms with E-state index in [1.54, 1.807) is 16.2 Å². The van der Waals surface area contributed by atoms with Crippen LogP contribution in [0.1, 0.15) is 37.0 Å². The van der Waals surface area contributed by atoms with E-state index >= 15 is 0 Å². The summed E-state index contributed by atoms with van der Waals surface area (Å²) in [4.78, 5) is 24.0. The van der Waals surface area contributed by atoms with Gasteiger partial charge in [0.25, 0.3) is 0 Å². The van der Waals surface area contributed by atoms with Gasteiger partial charge >= 0.3 is 6.09 Å². The number of pyridine rings is 1. The molecule has 1 amide bonds. The van der Waals surface area contributed by atoms with Gasteiger partial charge in [0, 0.05) is 36.6 Å². The van der Waals surface area contributed by atoms with Crippen LogP contribution in [0.15, 0.2) is 18.5 Å². The van der Waals surface area contributed by atoms with E-state index in [0.717, 1.165) is 33.1 Å². The fourth-order valence-corrected chi connectivity index (χ4v) is 3.30. The third-order valence-corrected chi connectivity index (χ3v) is 4.56. The molecule has 0 N–H and O–H groups in total. The molecule has 3 heterocycles. The lowest BCUT2D eigenvalue weighted by Crippen LogP contribution is -2.40. The number of hydrogen-bond acceptors (Lipinski definition) is 5. The molecule has 0 fully saturated rings. The summed E-state index contributed by atoms with van der Waals surface area (Å²) in [6, 6.07) is 2.12. The lowest BCUT2D eigenvalue weighted by Gasteiger charge is -2.30. The van der Waals surface area contributed by atoms with Crippen molar-refractivity contribution in [2.45, 2.75) is 46.3 Å². The van der Waals surface area contributed by atoms with Gasteiger partial charge < -0.3 is 9.64 Å². The van der Waals surface area contributed by atoms with E-state index in [9.17, 15) is 4.79 Å². The summed E-state index contributed by atoms with van der Waals surface area (Å²) >= 11 is 1.65. The van der Waals surface area contributed by atoms with Crippen LogP contribution in [0.4, 0.5) is 4.79 Å². The van der Waals surface area contributed by atoms with Gasteiger partial charge in [0.1, 0.15) is 5.60 Å². The van der Waals surface area contributed by atoms with Crippen LogP contribution >= 0.6 is 11.3 Å². The third-order valence-electron chi connectivity index (χ3n) is 3.60. The highest BCUT2D eigenvalue weighted by molar-refractivity contribution is 7.15. The van der Waals surface area contributed by atoms with E-state index in [2.05, 4.69) is 16.0 Å². The summed E-state index contributed by atoms with van der Waals surface area (Å²) in [5.74, 6) is 0. The minimum atomic E-state index is -0.475. The molecule has 0 atom stereocenters. The van der Waals surface area contributed by atoms with E-state index in [-0.39, 0.29) is 6.09 Å². The zero-order valence-electron chi connectivity index (χ0n) is 13.9. The highest BCUT2D eigenvalue weighted by Crippen LogP contribution is 2.28. The summed E-state index contributed by atoms with van der Waals surface area (Å²) < 4.78 is 5.47. The molecule has 2 aromatic heterocycles. The van der Waals surface area contributed by atoms with Crippen LogP contribution in [0.25, 0.3) is 10.4 Å². The van der Waals surface area contributed by atoms with Crippen molar-refractivity contribution in [2.24, 2.45) is 0 Å². The van der Waals surface area contributed by atoms with Gasteiger partial charge in [-0.3, -0.25) is 4.98 Å². The van der Waals surface area contributed by atoms with Crippen LogP contribution in [-0.4, -0.2) is 33.1 Å². The normalized spacial score (nSPS) is 14.5. The van der Waals surface area contributed by atoms with Crippen molar-refractivity contribution in [3.8, 4) is 10.4 Å². The van der Waals surface area contributed by atoms with Gasteiger partial charge in [-0.2, -0.15) is 0 Å². The highest BCUT2D eigenvalue weighted by Gasteiger charge is 2.26. The molecule has 1 aliphatic rings. The molecule has 1 aliphatic heterocycles. The van der Waals surface area contributed by atoms with E-state index in [0.29, 0.717) is 13.1 Å². The van der Waals surface area contributed by atoms with Crippen LogP contribution in [0.5, 0.6) is 0 Å². The number of rotatable bonds is 1. The summed E-state index contributed by atoms with van der Waals surface area (Å²) in [7, 11) is 0. The first-order valence-corrected chi connectivity index (χ1v) is 8.52. The predicted octanol–water partition coefficient (Wildman–Crippen LogP) is 3.81. The lowest BCUT2D eigenvalue weighted by atomic mass is 10.0. The monoisotopic (exact) mass is 331 g/mol. The van der Waals surface area contributed by atoms with Gasteiger partial charge in [-0.15, -0.1) is 11.3 Å². The van der Waals surface area contributed by atoms with E-state index < -0.39 is 5.60 Å². The quantitative estimate of drug-likeness (QED) is 0.797. The zero-order valence-corrected chi connectivity index (χ0v) is 14.7. The Morgan fingerprint density at radius 1 is 1.30 bits per heavy atom. The summed E-state index contributed by atoms with van der Waals surface area (Å²) in [5, 5.41) is 1.04. The van der Waals surface area contributed by atoms with E-state index in [1.165, 1.54) is 0 Å².